The second-order valence-corrected chi connectivity index (χ2v) is 6.64. The van der Waals surface area contributed by atoms with Gasteiger partial charge in [0.1, 0.15) is 0 Å². The molecule has 1 atom stereocenters. The summed E-state index contributed by atoms with van der Waals surface area (Å²) in [5, 5.41) is -0.323. The first-order chi connectivity index (χ1) is 6.52. The monoisotopic (exact) mass is 240 g/mol. The van der Waals surface area contributed by atoms with Gasteiger partial charge in [-0.1, -0.05) is 46.0 Å². The summed E-state index contributed by atoms with van der Waals surface area (Å²) in [6.45, 7) is 4.17. The van der Waals surface area contributed by atoms with Gasteiger partial charge in [0.2, 0.25) is 9.05 Å². The van der Waals surface area contributed by atoms with E-state index in [1.54, 1.807) is 0 Å². The second kappa shape index (κ2) is 7.52. The zero-order valence-corrected chi connectivity index (χ0v) is 10.7. The molecule has 0 aromatic carbocycles. The van der Waals surface area contributed by atoms with Gasteiger partial charge in [-0.15, -0.1) is 0 Å². The predicted molar refractivity (Wildman–Crippen MR) is 62.2 cm³/mol. The molecule has 0 aliphatic carbocycles. The standard InChI is InChI=1S/C10H21ClO2S/c1-3-5-7-9-10(8-6-4-2)14(11,12)13/h10H,3-9H2,1-2H3. The Kier molecular flexibility index (Phi) is 7.65. The van der Waals surface area contributed by atoms with Crippen molar-refractivity contribution in [2.75, 3.05) is 0 Å². The van der Waals surface area contributed by atoms with E-state index >= 15 is 0 Å². The lowest BCUT2D eigenvalue weighted by atomic mass is 10.1. The number of hydrogen-bond donors (Lipinski definition) is 0. The highest BCUT2D eigenvalue weighted by Gasteiger charge is 2.21. The molecule has 0 rings (SSSR count). The molecule has 0 aliphatic rings. The molecule has 0 saturated heterocycles. The predicted octanol–water partition coefficient (Wildman–Crippen LogP) is 3.69. The van der Waals surface area contributed by atoms with Crippen LogP contribution in [0.1, 0.15) is 58.8 Å². The van der Waals surface area contributed by atoms with E-state index in [0.29, 0.717) is 6.42 Å². The minimum atomic E-state index is -3.35. The number of rotatable bonds is 8. The molecular formula is C10H21ClO2S. The molecule has 0 N–H and O–H groups in total. The lowest BCUT2D eigenvalue weighted by Crippen LogP contribution is -2.16. The molecule has 0 spiro atoms. The molecule has 0 amide bonds. The Balaban J connectivity index is 3.99. The third-order valence-electron chi connectivity index (χ3n) is 2.41. The van der Waals surface area contributed by atoms with E-state index in [2.05, 4.69) is 13.8 Å². The van der Waals surface area contributed by atoms with E-state index in [9.17, 15) is 8.42 Å². The number of unbranched alkanes of at least 4 members (excludes halogenated alkanes) is 3. The largest absolute Gasteiger partial charge is 0.235 e. The topological polar surface area (TPSA) is 34.1 Å². The van der Waals surface area contributed by atoms with Crippen LogP contribution in [0.3, 0.4) is 0 Å². The van der Waals surface area contributed by atoms with E-state index < -0.39 is 9.05 Å². The summed E-state index contributed by atoms with van der Waals surface area (Å²) >= 11 is 0. The Morgan fingerprint density at radius 2 is 1.50 bits per heavy atom. The Hall–Kier alpha value is 0.240. The van der Waals surface area contributed by atoms with Gasteiger partial charge in [-0.05, 0) is 12.8 Å². The van der Waals surface area contributed by atoms with Gasteiger partial charge in [-0.3, -0.25) is 0 Å². The van der Waals surface area contributed by atoms with Crippen molar-refractivity contribution in [2.45, 2.75) is 64.0 Å². The fourth-order valence-electron chi connectivity index (χ4n) is 1.48. The van der Waals surface area contributed by atoms with Crippen molar-refractivity contribution in [1.29, 1.82) is 0 Å². The highest BCUT2D eigenvalue weighted by atomic mass is 35.7. The van der Waals surface area contributed by atoms with Crippen LogP contribution in [0.5, 0.6) is 0 Å². The van der Waals surface area contributed by atoms with E-state index in [1.807, 2.05) is 0 Å². The summed E-state index contributed by atoms with van der Waals surface area (Å²) in [4.78, 5) is 0. The maximum Gasteiger partial charge on any atom is 0.235 e. The Bertz CT molecular complexity index is 224. The van der Waals surface area contributed by atoms with Gasteiger partial charge in [0.25, 0.3) is 0 Å². The van der Waals surface area contributed by atoms with Gasteiger partial charge in [0.15, 0.2) is 0 Å². The normalized spacial score (nSPS) is 14.2. The summed E-state index contributed by atoms with van der Waals surface area (Å²) in [7, 11) is 2.04. The first-order valence-electron chi connectivity index (χ1n) is 5.45. The van der Waals surface area contributed by atoms with Crippen LogP contribution in [0.4, 0.5) is 0 Å². The molecule has 0 aromatic rings. The molecule has 4 heteroatoms. The van der Waals surface area contributed by atoms with Gasteiger partial charge in [-0.25, -0.2) is 8.42 Å². The minimum Gasteiger partial charge on any atom is -0.212 e. The average Bonchev–Trinajstić information content (AvgIpc) is 2.09. The first-order valence-corrected chi connectivity index (χ1v) is 7.83. The summed E-state index contributed by atoms with van der Waals surface area (Å²) in [6, 6.07) is 0. The van der Waals surface area contributed by atoms with E-state index in [-0.39, 0.29) is 5.25 Å². The highest BCUT2D eigenvalue weighted by Crippen LogP contribution is 2.20. The highest BCUT2D eigenvalue weighted by molar-refractivity contribution is 8.14. The number of hydrogen-bond acceptors (Lipinski definition) is 2. The van der Waals surface area contributed by atoms with Crippen LogP contribution in [0.2, 0.25) is 0 Å². The van der Waals surface area contributed by atoms with Crippen LogP contribution in [-0.4, -0.2) is 13.7 Å². The third kappa shape index (κ3) is 6.66. The lowest BCUT2D eigenvalue weighted by molar-refractivity contribution is 0.545. The molecule has 1 unspecified atom stereocenters. The molecule has 14 heavy (non-hydrogen) atoms. The van der Waals surface area contributed by atoms with Crippen molar-refractivity contribution in [3.05, 3.63) is 0 Å². The summed E-state index contributed by atoms with van der Waals surface area (Å²) in [5.41, 5.74) is 0. The quantitative estimate of drug-likeness (QED) is 0.479. The summed E-state index contributed by atoms with van der Waals surface area (Å²) in [5.74, 6) is 0. The molecular weight excluding hydrogens is 220 g/mol. The van der Waals surface area contributed by atoms with Crippen LogP contribution in [-0.2, 0) is 9.05 Å². The molecule has 0 radical (unpaired) electrons. The second-order valence-electron chi connectivity index (χ2n) is 3.74. The maximum atomic E-state index is 11.2. The van der Waals surface area contributed by atoms with Gasteiger partial charge >= 0.3 is 0 Å². The Morgan fingerprint density at radius 3 is 1.93 bits per heavy atom. The molecule has 86 valence electrons. The van der Waals surface area contributed by atoms with Crippen LogP contribution < -0.4 is 0 Å². The molecule has 0 aliphatic heterocycles. The summed E-state index contributed by atoms with van der Waals surface area (Å²) in [6.07, 6.45) is 6.58. The van der Waals surface area contributed by atoms with Crippen LogP contribution in [0.25, 0.3) is 0 Å². The third-order valence-corrected chi connectivity index (χ3v) is 4.43. The van der Waals surface area contributed by atoms with E-state index in [0.717, 1.165) is 38.5 Å². The SMILES string of the molecule is CCCCCC(CCCC)S(=O)(=O)Cl. The fraction of sp³-hybridized carbons (Fsp3) is 1.00. The fourth-order valence-corrected chi connectivity index (χ4v) is 2.91. The molecule has 0 bridgehead atoms. The van der Waals surface area contributed by atoms with Crippen LogP contribution in [0, 0.1) is 0 Å². The van der Waals surface area contributed by atoms with Gasteiger partial charge < -0.3 is 0 Å². The Morgan fingerprint density at radius 1 is 1.00 bits per heavy atom. The molecule has 0 fully saturated rings. The molecule has 0 aromatic heterocycles. The van der Waals surface area contributed by atoms with Crippen molar-refractivity contribution in [2.24, 2.45) is 0 Å². The van der Waals surface area contributed by atoms with Crippen LogP contribution >= 0.6 is 10.7 Å². The molecule has 2 nitrogen and oxygen atoms in total. The lowest BCUT2D eigenvalue weighted by Gasteiger charge is -2.12. The van der Waals surface area contributed by atoms with Crippen molar-refractivity contribution >= 4 is 19.7 Å². The molecule has 0 heterocycles. The zero-order valence-electron chi connectivity index (χ0n) is 9.13. The van der Waals surface area contributed by atoms with Gasteiger partial charge in [0.05, 0.1) is 5.25 Å². The zero-order chi connectivity index (χ0) is 11.0. The Labute approximate surface area is 92.5 Å². The molecule has 0 saturated carbocycles. The van der Waals surface area contributed by atoms with Crippen molar-refractivity contribution in [3.63, 3.8) is 0 Å². The van der Waals surface area contributed by atoms with E-state index in [1.165, 1.54) is 0 Å². The minimum absolute atomic E-state index is 0.323. The van der Waals surface area contributed by atoms with Gasteiger partial charge in [0, 0.05) is 10.7 Å². The van der Waals surface area contributed by atoms with E-state index in [4.69, 9.17) is 10.7 Å². The van der Waals surface area contributed by atoms with Crippen LogP contribution in [0.15, 0.2) is 0 Å². The van der Waals surface area contributed by atoms with Crippen molar-refractivity contribution in [1.82, 2.24) is 0 Å². The van der Waals surface area contributed by atoms with Gasteiger partial charge in [-0.2, -0.15) is 0 Å². The smallest absolute Gasteiger partial charge is 0.212 e. The maximum absolute atomic E-state index is 11.2. The number of halogens is 1. The first kappa shape index (κ1) is 14.2. The van der Waals surface area contributed by atoms with Crippen molar-refractivity contribution < 1.29 is 8.42 Å². The van der Waals surface area contributed by atoms with Crippen molar-refractivity contribution in [3.8, 4) is 0 Å². The average molecular weight is 241 g/mol. The summed E-state index contributed by atoms with van der Waals surface area (Å²) < 4.78 is 22.4.